The molecule has 1 rings (SSSR count). The summed E-state index contributed by atoms with van der Waals surface area (Å²) in [5.74, 6) is 0.675. The van der Waals surface area contributed by atoms with E-state index in [0.717, 1.165) is 5.03 Å². The van der Waals surface area contributed by atoms with Crippen LogP contribution in [0.2, 0.25) is 0 Å². The lowest BCUT2D eigenvalue weighted by molar-refractivity contribution is 0.394. The van der Waals surface area contributed by atoms with Crippen LogP contribution in [0, 0.1) is 0 Å². The third-order valence-electron chi connectivity index (χ3n) is 1.32. The average molecular weight is 197 g/mol. The first-order valence-corrected chi connectivity index (χ1v) is 5.03. The average Bonchev–Trinajstić information content (AvgIpc) is 2.01. The van der Waals surface area contributed by atoms with E-state index in [2.05, 4.69) is 25.8 Å². The molecule has 1 aromatic rings. The van der Waals surface area contributed by atoms with Crippen molar-refractivity contribution in [2.75, 3.05) is 7.11 Å². The SMILES string of the molecule is COc1cccc(SC(C)(C)C)n1. The third kappa shape index (κ3) is 3.68. The Labute approximate surface area is 83.7 Å². The van der Waals surface area contributed by atoms with Crippen LogP contribution in [0.1, 0.15) is 20.8 Å². The normalized spacial score (nSPS) is 11.4. The molecule has 0 fully saturated rings. The van der Waals surface area contributed by atoms with Crippen molar-refractivity contribution in [3.8, 4) is 5.88 Å². The predicted molar refractivity (Wildman–Crippen MR) is 56.4 cm³/mol. The minimum absolute atomic E-state index is 0.194. The molecule has 0 aliphatic carbocycles. The van der Waals surface area contributed by atoms with E-state index in [0.29, 0.717) is 5.88 Å². The molecule has 1 aromatic heterocycles. The van der Waals surface area contributed by atoms with Crippen molar-refractivity contribution in [3.63, 3.8) is 0 Å². The van der Waals surface area contributed by atoms with Gasteiger partial charge in [0.1, 0.15) is 5.03 Å². The quantitative estimate of drug-likeness (QED) is 0.680. The fourth-order valence-corrected chi connectivity index (χ4v) is 1.79. The lowest BCUT2D eigenvalue weighted by atomic mass is 10.3. The topological polar surface area (TPSA) is 22.1 Å². The molecule has 0 aliphatic heterocycles. The van der Waals surface area contributed by atoms with Crippen molar-refractivity contribution in [3.05, 3.63) is 18.2 Å². The Hall–Kier alpha value is -0.700. The summed E-state index contributed by atoms with van der Waals surface area (Å²) in [5, 5.41) is 1.01. The van der Waals surface area contributed by atoms with Gasteiger partial charge in [-0.25, -0.2) is 4.98 Å². The Morgan fingerprint density at radius 2 is 2.00 bits per heavy atom. The molecule has 13 heavy (non-hydrogen) atoms. The van der Waals surface area contributed by atoms with Gasteiger partial charge in [0.25, 0.3) is 0 Å². The molecule has 0 radical (unpaired) electrons. The van der Waals surface area contributed by atoms with Crippen LogP contribution >= 0.6 is 11.8 Å². The number of methoxy groups -OCH3 is 1. The molecule has 72 valence electrons. The van der Waals surface area contributed by atoms with E-state index in [4.69, 9.17) is 4.74 Å². The number of nitrogens with zero attached hydrogens (tertiary/aromatic N) is 1. The van der Waals surface area contributed by atoms with Crippen LogP contribution < -0.4 is 4.74 Å². The molecule has 0 saturated heterocycles. The van der Waals surface area contributed by atoms with E-state index < -0.39 is 0 Å². The molecule has 0 spiro atoms. The summed E-state index contributed by atoms with van der Waals surface area (Å²) < 4.78 is 5.24. The molecule has 0 bridgehead atoms. The van der Waals surface area contributed by atoms with Crippen molar-refractivity contribution < 1.29 is 4.74 Å². The van der Waals surface area contributed by atoms with Crippen LogP contribution in [0.4, 0.5) is 0 Å². The minimum Gasteiger partial charge on any atom is -0.481 e. The van der Waals surface area contributed by atoms with Crippen LogP contribution in [0.25, 0.3) is 0 Å². The van der Waals surface area contributed by atoms with Crippen LogP contribution in [0.15, 0.2) is 23.2 Å². The summed E-state index contributed by atoms with van der Waals surface area (Å²) >= 11 is 1.74. The van der Waals surface area contributed by atoms with Crippen LogP contribution in [0.3, 0.4) is 0 Å². The summed E-state index contributed by atoms with van der Waals surface area (Å²) in [6.07, 6.45) is 0. The first-order valence-electron chi connectivity index (χ1n) is 4.21. The lowest BCUT2D eigenvalue weighted by Crippen LogP contribution is -2.07. The van der Waals surface area contributed by atoms with Crippen molar-refractivity contribution in [2.45, 2.75) is 30.5 Å². The van der Waals surface area contributed by atoms with Crippen molar-refractivity contribution in [2.24, 2.45) is 0 Å². The maximum atomic E-state index is 5.04. The number of ether oxygens (including phenoxy) is 1. The van der Waals surface area contributed by atoms with Crippen LogP contribution in [-0.4, -0.2) is 16.8 Å². The Balaban J connectivity index is 2.78. The van der Waals surface area contributed by atoms with Gasteiger partial charge in [0, 0.05) is 10.8 Å². The number of hydrogen-bond acceptors (Lipinski definition) is 3. The van der Waals surface area contributed by atoms with E-state index >= 15 is 0 Å². The largest absolute Gasteiger partial charge is 0.481 e. The lowest BCUT2D eigenvalue weighted by Gasteiger charge is -2.16. The maximum absolute atomic E-state index is 5.04. The summed E-state index contributed by atoms with van der Waals surface area (Å²) in [6.45, 7) is 6.50. The van der Waals surface area contributed by atoms with Gasteiger partial charge in [0.05, 0.1) is 7.11 Å². The minimum atomic E-state index is 0.194. The van der Waals surface area contributed by atoms with Crippen LogP contribution in [0.5, 0.6) is 5.88 Å². The highest BCUT2D eigenvalue weighted by Crippen LogP contribution is 2.30. The van der Waals surface area contributed by atoms with Gasteiger partial charge in [-0.05, 0) is 6.07 Å². The van der Waals surface area contributed by atoms with Crippen molar-refractivity contribution in [1.29, 1.82) is 0 Å². The van der Waals surface area contributed by atoms with E-state index in [1.807, 2.05) is 18.2 Å². The summed E-state index contributed by atoms with van der Waals surface area (Å²) in [5.41, 5.74) is 0. The summed E-state index contributed by atoms with van der Waals surface area (Å²) in [4.78, 5) is 4.32. The second-order valence-corrected chi connectivity index (χ2v) is 5.58. The molecule has 2 nitrogen and oxygen atoms in total. The van der Waals surface area contributed by atoms with E-state index in [9.17, 15) is 0 Å². The van der Waals surface area contributed by atoms with E-state index in [1.54, 1.807) is 18.9 Å². The van der Waals surface area contributed by atoms with Gasteiger partial charge < -0.3 is 4.74 Å². The molecule has 0 aromatic carbocycles. The van der Waals surface area contributed by atoms with E-state index in [-0.39, 0.29) is 4.75 Å². The van der Waals surface area contributed by atoms with Gasteiger partial charge in [-0.2, -0.15) is 0 Å². The highest BCUT2D eigenvalue weighted by molar-refractivity contribution is 8.00. The van der Waals surface area contributed by atoms with E-state index in [1.165, 1.54) is 0 Å². The Bertz CT molecular complexity index is 280. The van der Waals surface area contributed by atoms with Gasteiger partial charge in [-0.3, -0.25) is 0 Å². The first-order chi connectivity index (χ1) is 6.01. The van der Waals surface area contributed by atoms with Gasteiger partial charge in [-0.1, -0.05) is 26.8 Å². The molecular formula is C10H15NOS. The predicted octanol–water partition coefficient (Wildman–Crippen LogP) is 2.98. The summed E-state index contributed by atoms with van der Waals surface area (Å²) in [7, 11) is 1.63. The molecule has 0 amide bonds. The third-order valence-corrected chi connectivity index (χ3v) is 2.37. The van der Waals surface area contributed by atoms with Crippen molar-refractivity contribution >= 4 is 11.8 Å². The fraction of sp³-hybridized carbons (Fsp3) is 0.500. The second-order valence-electron chi connectivity index (χ2n) is 3.73. The number of aromatic nitrogens is 1. The second kappa shape index (κ2) is 4.01. The number of pyridine rings is 1. The first kappa shape index (κ1) is 10.4. The molecule has 0 N–H and O–H groups in total. The maximum Gasteiger partial charge on any atom is 0.213 e. The van der Waals surface area contributed by atoms with Gasteiger partial charge in [0.15, 0.2) is 0 Å². The number of thioether (sulfide) groups is 1. The zero-order valence-electron chi connectivity index (χ0n) is 8.50. The zero-order valence-corrected chi connectivity index (χ0v) is 9.31. The number of rotatable bonds is 2. The molecule has 0 unspecified atom stereocenters. The molecule has 0 atom stereocenters. The molecule has 3 heteroatoms. The Morgan fingerprint density at radius 3 is 2.54 bits per heavy atom. The fourth-order valence-electron chi connectivity index (χ4n) is 0.880. The van der Waals surface area contributed by atoms with Gasteiger partial charge >= 0.3 is 0 Å². The summed E-state index contributed by atoms with van der Waals surface area (Å²) in [6, 6.07) is 5.81. The molecular weight excluding hydrogens is 182 g/mol. The van der Waals surface area contributed by atoms with Crippen molar-refractivity contribution in [1.82, 2.24) is 4.98 Å². The highest BCUT2D eigenvalue weighted by atomic mass is 32.2. The Kier molecular flexibility index (Phi) is 3.20. The zero-order chi connectivity index (χ0) is 9.90. The standard InChI is InChI=1S/C10H15NOS/c1-10(2,3)13-9-7-5-6-8(11-9)12-4/h5-7H,1-4H3. The monoisotopic (exact) mass is 197 g/mol. The van der Waals surface area contributed by atoms with Gasteiger partial charge in [-0.15, -0.1) is 11.8 Å². The number of hydrogen-bond donors (Lipinski definition) is 0. The molecule has 1 heterocycles. The van der Waals surface area contributed by atoms with Crippen LogP contribution in [-0.2, 0) is 0 Å². The van der Waals surface area contributed by atoms with Gasteiger partial charge in [0.2, 0.25) is 5.88 Å². The Morgan fingerprint density at radius 1 is 1.31 bits per heavy atom. The highest BCUT2D eigenvalue weighted by Gasteiger charge is 2.12. The smallest absolute Gasteiger partial charge is 0.213 e. The molecule has 0 aliphatic rings. The molecule has 0 saturated carbocycles.